The lowest BCUT2D eigenvalue weighted by Gasteiger charge is -2.12. The molecule has 1 N–H and O–H groups in total. The van der Waals surface area contributed by atoms with Crippen molar-refractivity contribution >= 4 is 5.69 Å². The van der Waals surface area contributed by atoms with Crippen LogP contribution in [0.5, 0.6) is 5.75 Å². The van der Waals surface area contributed by atoms with E-state index >= 15 is 0 Å². The predicted molar refractivity (Wildman–Crippen MR) is 84.6 cm³/mol. The molecule has 0 unspecified atom stereocenters. The largest absolute Gasteiger partial charge is 0.493 e. The van der Waals surface area contributed by atoms with Crippen molar-refractivity contribution in [3.8, 4) is 5.75 Å². The van der Waals surface area contributed by atoms with Crippen molar-refractivity contribution in [2.24, 2.45) is 5.92 Å². The zero-order valence-corrected chi connectivity index (χ0v) is 12.7. The normalized spacial score (nSPS) is 14.4. The number of hydrogen-bond donors (Lipinski definition) is 1. The van der Waals surface area contributed by atoms with E-state index in [0.717, 1.165) is 24.6 Å². The van der Waals surface area contributed by atoms with E-state index in [-0.39, 0.29) is 0 Å². The van der Waals surface area contributed by atoms with Crippen LogP contribution >= 0.6 is 0 Å². The van der Waals surface area contributed by atoms with Gasteiger partial charge in [0.2, 0.25) is 0 Å². The van der Waals surface area contributed by atoms with Gasteiger partial charge in [-0.15, -0.1) is 0 Å². The summed E-state index contributed by atoms with van der Waals surface area (Å²) in [7, 11) is 0. The fraction of sp³-hybridized carbons (Fsp3) is 0.471. The first-order valence-corrected chi connectivity index (χ1v) is 7.70. The number of rotatable bonds is 7. The van der Waals surface area contributed by atoms with Crippen molar-refractivity contribution < 1.29 is 4.74 Å². The van der Waals surface area contributed by atoms with Crippen LogP contribution in [-0.4, -0.2) is 16.2 Å². The second-order valence-electron chi connectivity index (χ2n) is 6.11. The highest BCUT2D eigenvalue weighted by Gasteiger charge is 2.24. The zero-order valence-electron chi connectivity index (χ0n) is 12.7. The second-order valence-corrected chi connectivity index (χ2v) is 6.11. The molecule has 4 heteroatoms. The minimum Gasteiger partial charge on any atom is -0.493 e. The number of imidazole rings is 1. The highest BCUT2D eigenvalue weighted by atomic mass is 16.5. The monoisotopic (exact) mass is 285 g/mol. The quantitative estimate of drug-likeness (QED) is 0.839. The minimum absolute atomic E-state index is 0.537. The fourth-order valence-corrected chi connectivity index (χ4v) is 2.30. The van der Waals surface area contributed by atoms with Crippen LogP contribution in [-0.2, 0) is 6.54 Å². The van der Waals surface area contributed by atoms with Crippen molar-refractivity contribution in [1.29, 1.82) is 0 Å². The van der Waals surface area contributed by atoms with Crippen molar-refractivity contribution in [1.82, 2.24) is 9.55 Å². The lowest BCUT2D eigenvalue weighted by atomic mass is 10.2. The number of benzene rings is 1. The summed E-state index contributed by atoms with van der Waals surface area (Å²) in [6.07, 6.45) is 6.45. The average Bonchev–Trinajstić information content (AvgIpc) is 3.22. The Hall–Kier alpha value is -1.97. The first-order chi connectivity index (χ1) is 10.2. The summed E-state index contributed by atoms with van der Waals surface area (Å²) in [6, 6.07) is 8.82. The number of anilines is 1. The van der Waals surface area contributed by atoms with Crippen molar-refractivity contribution in [3.05, 3.63) is 42.5 Å². The molecule has 1 aromatic carbocycles. The third-order valence-corrected chi connectivity index (χ3v) is 3.58. The van der Waals surface area contributed by atoms with Gasteiger partial charge in [0.15, 0.2) is 0 Å². The van der Waals surface area contributed by atoms with E-state index in [1.165, 1.54) is 18.5 Å². The van der Waals surface area contributed by atoms with Crippen molar-refractivity contribution in [3.63, 3.8) is 0 Å². The maximum absolute atomic E-state index is 5.76. The predicted octanol–water partition coefficient (Wildman–Crippen LogP) is 3.86. The smallest absolute Gasteiger partial charge is 0.121 e. The molecule has 0 spiro atoms. The van der Waals surface area contributed by atoms with Crippen LogP contribution in [0.25, 0.3) is 0 Å². The van der Waals surface area contributed by atoms with E-state index < -0.39 is 0 Å². The fourth-order valence-electron chi connectivity index (χ4n) is 2.30. The first kappa shape index (κ1) is 14.0. The molecule has 1 saturated carbocycles. The summed E-state index contributed by atoms with van der Waals surface area (Å²) in [4.78, 5) is 4.26. The van der Waals surface area contributed by atoms with E-state index in [2.05, 4.69) is 40.8 Å². The summed E-state index contributed by atoms with van der Waals surface area (Å²) in [6.45, 7) is 5.85. The van der Waals surface area contributed by atoms with Crippen LogP contribution in [0.1, 0.15) is 38.4 Å². The minimum atomic E-state index is 0.537. The van der Waals surface area contributed by atoms with Gasteiger partial charge in [-0.2, -0.15) is 0 Å². The molecular weight excluding hydrogens is 262 g/mol. The number of hydrogen-bond acceptors (Lipinski definition) is 3. The number of nitrogens with one attached hydrogen (secondary N) is 1. The zero-order chi connectivity index (χ0) is 14.7. The Morgan fingerprint density at radius 2 is 2.24 bits per heavy atom. The Balaban J connectivity index is 1.59. The molecule has 1 heterocycles. The van der Waals surface area contributed by atoms with Gasteiger partial charge in [-0.05, 0) is 30.9 Å². The lowest BCUT2D eigenvalue weighted by molar-refractivity contribution is 0.271. The molecule has 2 aromatic rings. The summed E-state index contributed by atoms with van der Waals surface area (Å²) < 4.78 is 8.04. The number of aromatic nitrogens is 2. The molecule has 112 valence electrons. The van der Waals surface area contributed by atoms with E-state index in [4.69, 9.17) is 4.74 Å². The molecule has 1 aliphatic rings. The SMILES string of the molecule is CC(C)COc1cccc(NCc2cncn2C2CC2)c1. The maximum atomic E-state index is 5.76. The molecule has 4 nitrogen and oxygen atoms in total. The van der Waals surface area contributed by atoms with Gasteiger partial charge in [0.05, 0.1) is 25.2 Å². The van der Waals surface area contributed by atoms with Gasteiger partial charge in [-0.25, -0.2) is 4.98 Å². The van der Waals surface area contributed by atoms with Crippen LogP contribution in [0.2, 0.25) is 0 Å². The molecule has 0 bridgehead atoms. The van der Waals surface area contributed by atoms with Crippen molar-refractivity contribution in [2.45, 2.75) is 39.3 Å². The number of ether oxygens (including phenoxy) is 1. The third kappa shape index (κ3) is 3.78. The van der Waals surface area contributed by atoms with E-state index in [9.17, 15) is 0 Å². The Bertz CT molecular complexity index is 587. The maximum Gasteiger partial charge on any atom is 0.121 e. The standard InChI is InChI=1S/C17H23N3O/c1-13(2)11-21-17-5-3-4-14(8-17)19-10-16-9-18-12-20(16)15-6-7-15/h3-5,8-9,12-13,15,19H,6-7,10-11H2,1-2H3. The number of nitrogens with zero attached hydrogens (tertiary/aromatic N) is 2. The van der Waals surface area contributed by atoms with Crippen LogP contribution in [0.4, 0.5) is 5.69 Å². The molecule has 1 aliphatic carbocycles. The summed E-state index contributed by atoms with van der Waals surface area (Å²) >= 11 is 0. The van der Waals surface area contributed by atoms with Gasteiger partial charge < -0.3 is 14.6 Å². The molecule has 0 atom stereocenters. The third-order valence-electron chi connectivity index (χ3n) is 3.58. The van der Waals surface area contributed by atoms with E-state index in [1.54, 1.807) is 0 Å². The van der Waals surface area contributed by atoms with Gasteiger partial charge in [0, 0.05) is 24.0 Å². The Morgan fingerprint density at radius 1 is 1.38 bits per heavy atom. The summed E-state index contributed by atoms with van der Waals surface area (Å²) in [5, 5.41) is 3.46. The Kier molecular flexibility index (Phi) is 4.13. The van der Waals surface area contributed by atoms with Gasteiger partial charge in [-0.3, -0.25) is 0 Å². The van der Waals surface area contributed by atoms with Crippen LogP contribution in [0, 0.1) is 5.92 Å². The highest BCUT2D eigenvalue weighted by molar-refractivity contribution is 5.48. The Labute approximate surface area is 126 Å². The van der Waals surface area contributed by atoms with Crippen molar-refractivity contribution in [2.75, 3.05) is 11.9 Å². The van der Waals surface area contributed by atoms with E-state index in [0.29, 0.717) is 12.0 Å². The summed E-state index contributed by atoms with van der Waals surface area (Å²) in [5.74, 6) is 1.46. The average molecular weight is 285 g/mol. The second kappa shape index (κ2) is 6.20. The molecule has 0 amide bonds. The molecule has 1 aromatic heterocycles. The molecule has 3 rings (SSSR count). The van der Waals surface area contributed by atoms with Gasteiger partial charge in [0.1, 0.15) is 5.75 Å². The molecule has 21 heavy (non-hydrogen) atoms. The Morgan fingerprint density at radius 3 is 3.00 bits per heavy atom. The van der Waals surface area contributed by atoms with Crippen LogP contribution in [0.3, 0.4) is 0 Å². The molecular formula is C17H23N3O. The van der Waals surface area contributed by atoms with Crippen LogP contribution < -0.4 is 10.1 Å². The van der Waals surface area contributed by atoms with E-state index in [1.807, 2.05) is 24.7 Å². The topological polar surface area (TPSA) is 39.1 Å². The summed E-state index contributed by atoms with van der Waals surface area (Å²) in [5.41, 5.74) is 2.32. The highest BCUT2D eigenvalue weighted by Crippen LogP contribution is 2.35. The van der Waals surface area contributed by atoms with Gasteiger partial charge in [-0.1, -0.05) is 19.9 Å². The van der Waals surface area contributed by atoms with Crippen LogP contribution in [0.15, 0.2) is 36.8 Å². The molecule has 0 radical (unpaired) electrons. The van der Waals surface area contributed by atoms with Gasteiger partial charge in [0.25, 0.3) is 0 Å². The lowest BCUT2D eigenvalue weighted by Crippen LogP contribution is -2.07. The first-order valence-electron chi connectivity index (χ1n) is 7.70. The molecule has 0 saturated heterocycles. The molecule has 0 aliphatic heterocycles. The van der Waals surface area contributed by atoms with Gasteiger partial charge >= 0.3 is 0 Å². The molecule has 1 fully saturated rings.